The number of hydrogen-bond acceptors (Lipinski definition) is 3. The first-order chi connectivity index (χ1) is 5.72. The Hall–Kier alpha value is -1.05. The second kappa shape index (κ2) is 6.65. The first-order valence-electron chi connectivity index (χ1n) is 3.92. The standard InChI is InChI=1S/C9H14O3/c1-3-4-5-8(2)9(11)12-7-6-10/h4,10H,3,6-7H2,1-2H3. The zero-order chi connectivity index (χ0) is 9.40. The van der Waals surface area contributed by atoms with Crippen LogP contribution in [0.3, 0.4) is 0 Å². The van der Waals surface area contributed by atoms with E-state index in [9.17, 15) is 4.79 Å². The van der Waals surface area contributed by atoms with Crippen molar-refractivity contribution in [1.82, 2.24) is 0 Å². The molecule has 0 aliphatic carbocycles. The number of carbonyl (C=O) groups excluding carboxylic acids is 1. The van der Waals surface area contributed by atoms with Crippen molar-refractivity contribution >= 4 is 5.97 Å². The summed E-state index contributed by atoms with van der Waals surface area (Å²) < 4.78 is 4.64. The van der Waals surface area contributed by atoms with Gasteiger partial charge >= 0.3 is 5.97 Å². The zero-order valence-corrected chi connectivity index (χ0v) is 7.46. The van der Waals surface area contributed by atoms with Gasteiger partial charge < -0.3 is 9.84 Å². The molecule has 0 aliphatic heterocycles. The molecule has 0 aromatic heterocycles. The summed E-state index contributed by atoms with van der Waals surface area (Å²) in [7, 11) is 0. The van der Waals surface area contributed by atoms with E-state index in [1.54, 1.807) is 13.0 Å². The van der Waals surface area contributed by atoms with Gasteiger partial charge in [0.25, 0.3) is 0 Å². The SMILES string of the molecule is CCC=C=C(C)C(=O)OCCO. The van der Waals surface area contributed by atoms with Gasteiger partial charge in [-0.05, 0) is 19.4 Å². The normalized spacial score (nSPS) is 8.58. The highest BCUT2D eigenvalue weighted by molar-refractivity contribution is 5.87. The van der Waals surface area contributed by atoms with Crippen molar-refractivity contribution in [2.45, 2.75) is 20.3 Å². The van der Waals surface area contributed by atoms with Gasteiger partial charge in [0.1, 0.15) is 6.61 Å². The Morgan fingerprint density at radius 2 is 2.33 bits per heavy atom. The fraction of sp³-hybridized carbons (Fsp3) is 0.556. The maximum absolute atomic E-state index is 11.0. The zero-order valence-electron chi connectivity index (χ0n) is 7.46. The number of esters is 1. The van der Waals surface area contributed by atoms with E-state index in [2.05, 4.69) is 10.5 Å². The number of carbonyl (C=O) groups is 1. The highest BCUT2D eigenvalue weighted by atomic mass is 16.5. The third kappa shape index (κ3) is 4.72. The first kappa shape index (κ1) is 11.0. The Labute approximate surface area is 72.3 Å². The lowest BCUT2D eigenvalue weighted by molar-refractivity contribution is -0.139. The molecule has 0 bridgehead atoms. The molecule has 0 rings (SSSR count). The predicted molar refractivity (Wildman–Crippen MR) is 45.6 cm³/mol. The van der Waals surface area contributed by atoms with Gasteiger partial charge in [0, 0.05) is 0 Å². The summed E-state index contributed by atoms with van der Waals surface area (Å²) in [4.78, 5) is 11.0. The minimum atomic E-state index is -0.422. The molecule has 0 spiro atoms. The molecule has 0 amide bonds. The van der Waals surface area contributed by atoms with E-state index in [4.69, 9.17) is 5.11 Å². The Balaban J connectivity index is 4.01. The van der Waals surface area contributed by atoms with Crippen molar-refractivity contribution in [3.8, 4) is 0 Å². The third-order valence-electron chi connectivity index (χ3n) is 1.15. The van der Waals surface area contributed by atoms with Crippen LogP contribution in [0.5, 0.6) is 0 Å². The van der Waals surface area contributed by atoms with Crippen molar-refractivity contribution in [1.29, 1.82) is 0 Å². The monoisotopic (exact) mass is 170 g/mol. The van der Waals surface area contributed by atoms with Crippen molar-refractivity contribution in [2.24, 2.45) is 0 Å². The summed E-state index contributed by atoms with van der Waals surface area (Å²) in [6.07, 6.45) is 2.60. The van der Waals surface area contributed by atoms with Crippen LogP contribution >= 0.6 is 0 Å². The summed E-state index contributed by atoms with van der Waals surface area (Å²) in [6.45, 7) is 3.49. The van der Waals surface area contributed by atoms with Crippen molar-refractivity contribution in [2.75, 3.05) is 13.2 Å². The van der Waals surface area contributed by atoms with E-state index in [0.717, 1.165) is 6.42 Å². The van der Waals surface area contributed by atoms with Gasteiger partial charge in [0.2, 0.25) is 0 Å². The van der Waals surface area contributed by atoms with Crippen LogP contribution in [0, 0.1) is 0 Å². The average Bonchev–Trinajstić information content (AvgIpc) is 2.10. The molecular formula is C9H14O3. The van der Waals surface area contributed by atoms with Gasteiger partial charge in [0.05, 0.1) is 12.2 Å². The van der Waals surface area contributed by atoms with Crippen molar-refractivity contribution in [3.05, 3.63) is 17.4 Å². The molecule has 0 aromatic rings. The number of aliphatic hydroxyl groups excluding tert-OH is 1. The van der Waals surface area contributed by atoms with Gasteiger partial charge in [-0.2, -0.15) is 0 Å². The van der Waals surface area contributed by atoms with Crippen LogP contribution in [0.1, 0.15) is 20.3 Å². The molecule has 0 aliphatic rings. The summed E-state index contributed by atoms with van der Waals surface area (Å²) in [5.41, 5.74) is 3.21. The molecular weight excluding hydrogens is 156 g/mol. The Morgan fingerprint density at radius 3 is 2.83 bits per heavy atom. The minimum Gasteiger partial charge on any atom is -0.459 e. The van der Waals surface area contributed by atoms with Gasteiger partial charge in [-0.1, -0.05) is 6.92 Å². The highest BCUT2D eigenvalue weighted by Gasteiger charge is 2.02. The van der Waals surface area contributed by atoms with Crippen LogP contribution in [0.15, 0.2) is 17.4 Å². The topological polar surface area (TPSA) is 46.5 Å². The highest BCUT2D eigenvalue weighted by Crippen LogP contribution is 1.94. The van der Waals surface area contributed by atoms with E-state index in [1.807, 2.05) is 6.92 Å². The quantitative estimate of drug-likeness (QED) is 0.389. The van der Waals surface area contributed by atoms with Crippen LogP contribution in [0.4, 0.5) is 0 Å². The molecule has 68 valence electrons. The second-order valence-corrected chi connectivity index (χ2v) is 2.24. The fourth-order valence-electron chi connectivity index (χ4n) is 0.561. The molecule has 0 unspecified atom stereocenters. The van der Waals surface area contributed by atoms with Crippen molar-refractivity contribution < 1.29 is 14.6 Å². The molecule has 12 heavy (non-hydrogen) atoms. The summed E-state index contributed by atoms with van der Waals surface area (Å²) >= 11 is 0. The lowest BCUT2D eigenvalue weighted by Gasteiger charge is -1.99. The molecule has 0 atom stereocenters. The van der Waals surface area contributed by atoms with E-state index < -0.39 is 5.97 Å². The van der Waals surface area contributed by atoms with Crippen LogP contribution in [0.25, 0.3) is 0 Å². The van der Waals surface area contributed by atoms with Crippen LogP contribution < -0.4 is 0 Å². The molecule has 0 saturated heterocycles. The molecule has 1 N–H and O–H groups in total. The summed E-state index contributed by atoms with van der Waals surface area (Å²) in [5, 5.41) is 8.36. The summed E-state index contributed by atoms with van der Waals surface area (Å²) in [6, 6.07) is 0. The molecule has 0 aromatic carbocycles. The lowest BCUT2D eigenvalue weighted by atomic mass is 10.3. The van der Waals surface area contributed by atoms with Crippen LogP contribution in [-0.4, -0.2) is 24.3 Å². The van der Waals surface area contributed by atoms with E-state index in [1.165, 1.54) is 0 Å². The maximum atomic E-state index is 11.0. The molecule has 0 fully saturated rings. The van der Waals surface area contributed by atoms with Crippen LogP contribution in [-0.2, 0) is 9.53 Å². The maximum Gasteiger partial charge on any atom is 0.341 e. The largest absolute Gasteiger partial charge is 0.459 e. The van der Waals surface area contributed by atoms with Gasteiger partial charge in [-0.25, -0.2) is 4.79 Å². The third-order valence-corrected chi connectivity index (χ3v) is 1.15. The van der Waals surface area contributed by atoms with Crippen LogP contribution in [0.2, 0.25) is 0 Å². The lowest BCUT2D eigenvalue weighted by Crippen LogP contribution is -2.08. The number of hydrogen-bond donors (Lipinski definition) is 1. The predicted octanol–water partition coefficient (Wildman–Crippen LogP) is 1.03. The number of ether oxygens (including phenoxy) is 1. The van der Waals surface area contributed by atoms with E-state index >= 15 is 0 Å². The fourth-order valence-corrected chi connectivity index (χ4v) is 0.561. The van der Waals surface area contributed by atoms with E-state index in [0.29, 0.717) is 5.57 Å². The Morgan fingerprint density at radius 1 is 1.67 bits per heavy atom. The average molecular weight is 170 g/mol. The van der Waals surface area contributed by atoms with Gasteiger partial charge in [-0.15, -0.1) is 5.73 Å². The smallest absolute Gasteiger partial charge is 0.341 e. The minimum absolute atomic E-state index is 0.0456. The molecule has 3 nitrogen and oxygen atoms in total. The molecule has 0 radical (unpaired) electrons. The number of aliphatic hydroxyl groups is 1. The molecule has 3 heteroatoms. The van der Waals surface area contributed by atoms with Gasteiger partial charge in [-0.3, -0.25) is 0 Å². The molecule has 0 saturated carbocycles. The summed E-state index contributed by atoms with van der Waals surface area (Å²) in [5.74, 6) is -0.422. The van der Waals surface area contributed by atoms with Gasteiger partial charge in [0.15, 0.2) is 0 Å². The van der Waals surface area contributed by atoms with Crippen molar-refractivity contribution in [3.63, 3.8) is 0 Å². The molecule has 0 heterocycles. The van der Waals surface area contributed by atoms with E-state index in [-0.39, 0.29) is 13.2 Å². The Bertz CT molecular complexity index is 200. The first-order valence-corrected chi connectivity index (χ1v) is 3.92. The second-order valence-electron chi connectivity index (χ2n) is 2.24. The number of rotatable bonds is 4. The Kier molecular flexibility index (Phi) is 6.07.